The van der Waals surface area contributed by atoms with Crippen LogP contribution < -0.4 is 10.3 Å². The van der Waals surface area contributed by atoms with Gasteiger partial charge in [0.05, 0.1) is 17.1 Å². The number of para-hydroxylation sites is 3. The second-order valence-electron chi connectivity index (χ2n) is 7.25. The molecule has 0 saturated heterocycles. The second kappa shape index (κ2) is 7.91. The molecule has 0 amide bonds. The van der Waals surface area contributed by atoms with Crippen LogP contribution in [0.25, 0.3) is 21.8 Å². The maximum absolute atomic E-state index is 13.2. The largest absolute Gasteiger partial charge is 0.485 e. The Kier molecular flexibility index (Phi) is 4.80. The minimum atomic E-state index is -0.231. The number of benzene rings is 3. The molecule has 0 saturated carbocycles. The number of hydrogen-bond donors (Lipinski definition) is 1. The van der Waals surface area contributed by atoms with Gasteiger partial charge >= 0.3 is 0 Å². The highest BCUT2D eigenvalue weighted by Gasteiger charge is 2.12. The van der Waals surface area contributed by atoms with Crippen LogP contribution in [0.3, 0.4) is 0 Å². The highest BCUT2D eigenvalue weighted by molar-refractivity contribution is 5.98. The molecule has 0 aliphatic heterocycles. The molecule has 2 aromatic heterocycles. The fourth-order valence-corrected chi connectivity index (χ4v) is 3.56. The molecule has 0 fully saturated rings. The monoisotopic (exact) mass is 408 g/mol. The Hall–Kier alpha value is -4.19. The number of rotatable bonds is 5. The number of nitrogens with zero attached hydrogens (tertiary/aromatic N) is 3. The molecular weight excluding hydrogens is 388 g/mol. The minimum Gasteiger partial charge on any atom is -0.485 e. The van der Waals surface area contributed by atoms with Crippen molar-refractivity contribution in [1.29, 1.82) is 0 Å². The van der Waals surface area contributed by atoms with Crippen molar-refractivity contribution in [2.75, 3.05) is 0 Å². The molecule has 0 aliphatic rings. The van der Waals surface area contributed by atoms with Crippen molar-refractivity contribution < 1.29 is 4.74 Å². The van der Waals surface area contributed by atoms with Crippen LogP contribution in [0.15, 0.2) is 88.9 Å². The van der Waals surface area contributed by atoms with Gasteiger partial charge in [0, 0.05) is 22.7 Å². The first-order valence-electron chi connectivity index (χ1n) is 10.0. The van der Waals surface area contributed by atoms with Gasteiger partial charge in [-0.25, -0.2) is 4.98 Å². The number of fused-ring (bicyclic) bond motifs is 2. The van der Waals surface area contributed by atoms with Crippen LogP contribution in [0.5, 0.6) is 5.75 Å². The fraction of sp³-hybridized carbons (Fsp3) is 0.0800. The molecule has 6 nitrogen and oxygen atoms in total. The van der Waals surface area contributed by atoms with Crippen molar-refractivity contribution in [2.45, 2.75) is 13.5 Å². The third-order valence-electron chi connectivity index (χ3n) is 5.20. The zero-order valence-corrected chi connectivity index (χ0v) is 16.9. The van der Waals surface area contributed by atoms with E-state index in [2.05, 4.69) is 15.1 Å². The van der Waals surface area contributed by atoms with Gasteiger partial charge in [0.1, 0.15) is 12.4 Å². The number of ether oxygens (including phenoxy) is 1. The predicted molar refractivity (Wildman–Crippen MR) is 123 cm³/mol. The molecule has 0 unspecified atom stereocenters. The Balaban J connectivity index is 1.58. The van der Waals surface area contributed by atoms with E-state index < -0.39 is 0 Å². The van der Waals surface area contributed by atoms with E-state index >= 15 is 0 Å². The molecule has 5 aromatic rings. The van der Waals surface area contributed by atoms with E-state index in [1.165, 1.54) is 4.68 Å². The summed E-state index contributed by atoms with van der Waals surface area (Å²) in [6.07, 6.45) is 3.55. The van der Waals surface area contributed by atoms with E-state index in [1.54, 1.807) is 12.3 Å². The van der Waals surface area contributed by atoms with Gasteiger partial charge in [0.2, 0.25) is 0 Å². The van der Waals surface area contributed by atoms with Crippen LogP contribution in [-0.4, -0.2) is 20.9 Å². The molecule has 0 radical (unpaired) electrons. The molecule has 0 spiro atoms. The zero-order chi connectivity index (χ0) is 21.2. The SMILES string of the molecule is Cc1ccccc1OCc1nc2ccccc2c(=O)n1/N=C\c1c[nH]c2ccccc12. The number of H-pyrrole nitrogens is 1. The van der Waals surface area contributed by atoms with Crippen LogP contribution in [0.4, 0.5) is 0 Å². The summed E-state index contributed by atoms with van der Waals surface area (Å²) >= 11 is 0. The highest BCUT2D eigenvalue weighted by atomic mass is 16.5. The zero-order valence-electron chi connectivity index (χ0n) is 16.9. The summed E-state index contributed by atoms with van der Waals surface area (Å²) in [7, 11) is 0. The lowest BCUT2D eigenvalue weighted by atomic mass is 10.2. The molecule has 6 heteroatoms. The first-order chi connectivity index (χ1) is 15.2. The molecular formula is C25H20N4O2. The average Bonchev–Trinajstić information content (AvgIpc) is 3.21. The van der Waals surface area contributed by atoms with E-state index in [0.717, 1.165) is 27.8 Å². The van der Waals surface area contributed by atoms with E-state index in [1.807, 2.05) is 79.9 Å². The fourth-order valence-electron chi connectivity index (χ4n) is 3.56. The summed E-state index contributed by atoms with van der Waals surface area (Å²) in [6, 6.07) is 23.0. The Bertz CT molecular complexity index is 1480. The maximum Gasteiger partial charge on any atom is 0.282 e. The molecule has 1 N–H and O–H groups in total. The third-order valence-corrected chi connectivity index (χ3v) is 5.20. The summed E-state index contributed by atoms with van der Waals surface area (Å²) in [5.74, 6) is 1.18. The van der Waals surface area contributed by atoms with Crippen LogP contribution in [0.1, 0.15) is 17.0 Å². The topological polar surface area (TPSA) is 72.3 Å². The van der Waals surface area contributed by atoms with Crippen molar-refractivity contribution in [3.8, 4) is 5.75 Å². The van der Waals surface area contributed by atoms with Gasteiger partial charge in [-0.05, 0) is 36.8 Å². The normalized spacial score (nSPS) is 11.5. The van der Waals surface area contributed by atoms with Crippen LogP contribution >= 0.6 is 0 Å². The Morgan fingerprint density at radius 1 is 1.00 bits per heavy atom. The highest BCUT2D eigenvalue weighted by Crippen LogP contribution is 2.19. The van der Waals surface area contributed by atoms with Crippen LogP contribution in [0.2, 0.25) is 0 Å². The van der Waals surface area contributed by atoms with Gasteiger partial charge in [-0.3, -0.25) is 4.79 Å². The van der Waals surface area contributed by atoms with Gasteiger partial charge < -0.3 is 9.72 Å². The molecule has 152 valence electrons. The predicted octanol–water partition coefficient (Wildman–Crippen LogP) is 4.65. The molecule has 2 heterocycles. The molecule has 3 aromatic carbocycles. The molecule has 5 rings (SSSR count). The Labute approximate surface area is 178 Å². The lowest BCUT2D eigenvalue weighted by Crippen LogP contribution is -2.23. The lowest BCUT2D eigenvalue weighted by molar-refractivity contribution is 0.287. The number of nitrogens with one attached hydrogen (secondary N) is 1. The standard InChI is InChI=1S/C25H20N4O2/c1-17-8-2-7-13-23(17)31-16-24-28-22-12-6-4-10-20(22)25(30)29(24)27-15-18-14-26-21-11-5-3-9-19(18)21/h2-15,26H,16H2,1H3/b27-15-. The summed E-state index contributed by atoms with van der Waals surface area (Å²) in [5.41, 5.74) is 3.30. The average molecular weight is 408 g/mol. The quantitative estimate of drug-likeness (QED) is 0.430. The summed E-state index contributed by atoms with van der Waals surface area (Å²) in [4.78, 5) is 21.1. The molecule has 0 atom stereocenters. The van der Waals surface area contributed by atoms with Crippen molar-refractivity contribution in [3.63, 3.8) is 0 Å². The number of hydrogen-bond acceptors (Lipinski definition) is 4. The summed E-state index contributed by atoms with van der Waals surface area (Å²) in [5, 5.41) is 6.05. The lowest BCUT2D eigenvalue weighted by Gasteiger charge is -2.12. The smallest absolute Gasteiger partial charge is 0.282 e. The van der Waals surface area contributed by atoms with Crippen LogP contribution in [0, 0.1) is 6.92 Å². The first-order valence-corrected chi connectivity index (χ1v) is 10.0. The number of aryl methyl sites for hydroxylation is 1. The molecule has 0 bridgehead atoms. The number of aromatic nitrogens is 3. The first kappa shape index (κ1) is 18.8. The van der Waals surface area contributed by atoms with Crippen molar-refractivity contribution in [3.05, 3.63) is 106 Å². The van der Waals surface area contributed by atoms with Crippen LogP contribution in [-0.2, 0) is 6.61 Å². The number of aromatic amines is 1. The van der Waals surface area contributed by atoms with E-state index in [9.17, 15) is 4.79 Å². The Morgan fingerprint density at radius 2 is 1.74 bits per heavy atom. The van der Waals surface area contributed by atoms with E-state index in [-0.39, 0.29) is 12.2 Å². The maximum atomic E-state index is 13.2. The van der Waals surface area contributed by atoms with Crippen molar-refractivity contribution in [1.82, 2.24) is 14.6 Å². The summed E-state index contributed by atoms with van der Waals surface area (Å²) < 4.78 is 7.29. The Morgan fingerprint density at radius 3 is 2.61 bits per heavy atom. The molecule has 31 heavy (non-hydrogen) atoms. The van der Waals surface area contributed by atoms with Gasteiger partial charge in [-0.15, -0.1) is 0 Å². The van der Waals surface area contributed by atoms with Gasteiger partial charge in [0.25, 0.3) is 5.56 Å². The molecule has 0 aliphatic carbocycles. The third kappa shape index (κ3) is 3.59. The minimum absolute atomic E-state index is 0.121. The van der Waals surface area contributed by atoms with Crippen molar-refractivity contribution >= 4 is 28.0 Å². The summed E-state index contributed by atoms with van der Waals surface area (Å²) in [6.45, 7) is 2.10. The van der Waals surface area contributed by atoms with Gasteiger partial charge in [-0.2, -0.15) is 9.78 Å². The second-order valence-corrected chi connectivity index (χ2v) is 7.25. The van der Waals surface area contributed by atoms with E-state index in [4.69, 9.17) is 4.74 Å². The van der Waals surface area contributed by atoms with Crippen molar-refractivity contribution in [2.24, 2.45) is 5.10 Å². The van der Waals surface area contributed by atoms with E-state index in [0.29, 0.717) is 16.7 Å². The van der Waals surface area contributed by atoms with Gasteiger partial charge in [0.15, 0.2) is 5.82 Å². The van der Waals surface area contributed by atoms with Gasteiger partial charge in [-0.1, -0.05) is 48.5 Å².